The van der Waals surface area contributed by atoms with Crippen LogP contribution in [0.5, 0.6) is 0 Å². The molecular weight excluding hydrogens is 420 g/mol. The highest BCUT2D eigenvalue weighted by atomic mass is 16.4. The number of carboxylic acid groups (broad SMARTS) is 1. The van der Waals surface area contributed by atoms with Crippen molar-refractivity contribution in [2.45, 2.75) is 38.9 Å². The summed E-state index contributed by atoms with van der Waals surface area (Å²) in [5.41, 5.74) is 3.84. The summed E-state index contributed by atoms with van der Waals surface area (Å²) in [6.45, 7) is 4.47. The Morgan fingerprint density at radius 1 is 1.24 bits per heavy atom. The van der Waals surface area contributed by atoms with Gasteiger partial charge in [0.05, 0.1) is 18.8 Å². The molecule has 0 fully saturated rings. The van der Waals surface area contributed by atoms with E-state index in [9.17, 15) is 9.59 Å². The zero-order valence-corrected chi connectivity index (χ0v) is 19.0. The lowest BCUT2D eigenvalue weighted by molar-refractivity contribution is -0.117. The molecule has 0 spiro atoms. The van der Waals surface area contributed by atoms with Crippen LogP contribution in [0.3, 0.4) is 0 Å². The molecule has 2 amide bonds. The van der Waals surface area contributed by atoms with Gasteiger partial charge in [0.2, 0.25) is 5.91 Å². The van der Waals surface area contributed by atoms with Gasteiger partial charge in [-0.15, -0.1) is 0 Å². The number of carbonyl (C=O) groups excluding carboxylic acids is 1. The summed E-state index contributed by atoms with van der Waals surface area (Å²) in [5, 5.41) is 16.9. The Bertz CT molecular complexity index is 1150. The molecule has 2 aromatic heterocycles. The normalized spacial score (nSPS) is 17.4. The van der Waals surface area contributed by atoms with E-state index in [1.165, 1.54) is 11.9 Å². The van der Waals surface area contributed by atoms with Crippen molar-refractivity contribution in [3.63, 3.8) is 0 Å². The lowest BCUT2D eigenvalue weighted by Crippen LogP contribution is -2.43. The van der Waals surface area contributed by atoms with Crippen LogP contribution in [-0.4, -0.2) is 56.4 Å². The number of carbonyl (C=O) groups is 2. The third-order valence-electron chi connectivity index (χ3n) is 5.96. The van der Waals surface area contributed by atoms with Gasteiger partial charge in [-0.1, -0.05) is 12.1 Å². The number of amides is 2. The number of nitrogens with zero attached hydrogens (tertiary/aromatic N) is 5. The summed E-state index contributed by atoms with van der Waals surface area (Å²) in [7, 11) is 1.53. The van der Waals surface area contributed by atoms with Gasteiger partial charge in [0.25, 0.3) is 0 Å². The summed E-state index contributed by atoms with van der Waals surface area (Å²) < 4.78 is 1.74. The van der Waals surface area contributed by atoms with E-state index < -0.39 is 6.09 Å². The van der Waals surface area contributed by atoms with Gasteiger partial charge >= 0.3 is 6.09 Å². The number of fused-ring (bicyclic) bond motifs is 1. The first kappa shape index (κ1) is 22.3. The van der Waals surface area contributed by atoms with Gasteiger partial charge in [0.1, 0.15) is 5.82 Å². The number of anilines is 2. The average molecular weight is 449 g/mol. The van der Waals surface area contributed by atoms with Crippen LogP contribution in [0.4, 0.5) is 16.3 Å². The Labute approximate surface area is 192 Å². The maximum Gasteiger partial charge on any atom is 0.407 e. The highest BCUT2D eigenvalue weighted by Crippen LogP contribution is 2.40. The Hall–Kier alpha value is -3.88. The molecule has 2 atom stereocenters. The molecule has 1 aliphatic rings. The van der Waals surface area contributed by atoms with Crippen molar-refractivity contribution in [3.05, 3.63) is 60.6 Å². The van der Waals surface area contributed by atoms with Gasteiger partial charge in [-0.2, -0.15) is 5.10 Å². The molecule has 4 rings (SSSR count). The Balaban J connectivity index is 1.64. The lowest BCUT2D eigenvalue weighted by Gasteiger charge is -2.39. The number of hydrogen-bond acceptors (Lipinski definition) is 5. The lowest BCUT2D eigenvalue weighted by atomic mass is 9.89. The number of likely N-dealkylation sites (N-methyl/N-ethyl adjacent to an activating group) is 1. The fraction of sp³-hybridized carbons (Fsp3) is 0.333. The monoisotopic (exact) mass is 448 g/mol. The second kappa shape index (κ2) is 9.32. The maximum absolute atomic E-state index is 12.4. The number of hydrogen-bond donors (Lipinski definition) is 2. The van der Waals surface area contributed by atoms with Crippen LogP contribution in [0.1, 0.15) is 31.9 Å². The molecule has 2 N–H and O–H groups in total. The van der Waals surface area contributed by atoms with Gasteiger partial charge in [0.15, 0.2) is 0 Å². The predicted molar refractivity (Wildman–Crippen MR) is 126 cm³/mol. The number of aromatic nitrogens is 3. The first-order chi connectivity index (χ1) is 15.8. The fourth-order valence-corrected chi connectivity index (χ4v) is 4.27. The molecule has 0 aliphatic carbocycles. The van der Waals surface area contributed by atoms with Crippen LogP contribution in [0.2, 0.25) is 0 Å². The highest BCUT2D eigenvalue weighted by Gasteiger charge is 2.32. The van der Waals surface area contributed by atoms with E-state index in [1.54, 1.807) is 24.0 Å². The minimum atomic E-state index is -0.965. The highest BCUT2D eigenvalue weighted by molar-refractivity contribution is 5.94. The number of rotatable bonds is 6. The summed E-state index contributed by atoms with van der Waals surface area (Å²) in [6, 6.07) is 11.9. The van der Waals surface area contributed by atoms with E-state index >= 15 is 0 Å². The molecule has 0 saturated carbocycles. The Morgan fingerprint density at radius 2 is 2.06 bits per heavy atom. The smallest absolute Gasteiger partial charge is 0.407 e. The van der Waals surface area contributed by atoms with Gasteiger partial charge in [0, 0.05) is 50.2 Å². The molecule has 3 aromatic rings. The van der Waals surface area contributed by atoms with E-state index in [0.717, 1.165) is 34.6 Å². The summed E-state index contributed by atoms with van der Waals surface area (Å²) in [6.07, 6.45) is 5.23. The third kappa shape index (κ3) is 4.82. The van der Waals surface area contributed by atoms with Crippen LogP contribution in [0.15, 0.2) is 55.0 Å². The largest absolute Gasteiger partial charge is 0.465 e. The minimum Gasteiger partial charge on any atom is -0.465 e. The van der Waals surface area contributed by atoms with Crippen molar-refractivity contribution >= 4 is 23.5 Å². The predicted octanol–water partition coefficient (Wildman–Crippen LogP) is 3.85. The van der Waals surface area contributed by atoms with Gasteiger partial charge in [-0.05, 0) is 48.7 Å². The number of nitrogens with one attached hydrogen (secondary N) is 1. The summed E-state index contributed by atoms with van der Waals surface area (Å²) in [5.74, 6) is 0.806. The third-order valence-corrected chi connectivity index (χ3v) is 5.96. The summed E-state index contributed by atoms with van der Waals surface area (Å²) in [4.78, 5) is 30.9. The topological polar surface area (TPSA) is 104 Å². The van der Waals surface area contributed by atoms with Crippen LogP contribution >= 0.6 is 0 Å². The molecule has 33 heavy (non-hydrogen) atoms. The van der Waals surface area contributed by atoms with Gasteiger partial charge < -0.3 is 20.2 Å². The first-order valence-electron chi connectivity index (χ1n) is 10.9. The van der Waals surface area contributed by atoms with Crippen molar-refractivity contribution in [2.75, 3.05) is 23.8 Å². The van der Waals surface area contributed by atoms with Crippen molar-refractivity contribution in [2.24, 2.45) is 0 Å². The first-order valence-corrected chi connectivity index (χ1v) is 10.9. The van der Waals surface area contributed by atoms with Crippen molar-refractivity contribution in [3.8, 4) is 11.1 Å². The SMILES string of the molecule is CC(=O)N1c2ccc(-c3cnn(CCN(C)C(=O)O)c3)cc2C(Nc2ccccn2)CC1C. The van der Waals surface area contributed by atoms with Crippen molar-refractivity contribution < 1.29 is 14.7 Å². The average Bonchev–Trinajstić information content (AvgIpc) is 3.26. The zero-order chi connectivity index (χ0) is 23.5. The molecule has 172 valence electrons. The van der Waals surface area contributed by atoms with E-state index in [0.29, 0.717) is 13.1 Å². The standard InChI is InChI=1S/C24H28N6O3/c1-16-12-21(27-23-6-4-5-9-25-23)20-13-18(7-8-22(20)30(16)17(2)31)19-14-26-29(15-19)11-10-28(3)24(32)33/h4-9,13-16,21H,10-12H2,1-3H3,(H,25,27)(H,32,33). The summed E-state index contributed by atoms with van der Waals surface area (Å²) >= 11 is 0. The molecule has 2 unspecified atom stereocenters. The van der Waals surface area contributed by atoms with Gasteiger partial charge in [-0.3, -0.25) is 9.48 Å². The molecule has 1 aromatic carbocycles. The van der Waals surface area contributed by atoms with E-state index in [-0.39, 0.29) is 18.0 Å². The van der Waals surface area contributed by atoms with Crippen molar-refractivity contribution in [1.29, 1.82) is 0 Å². The molecule has 1 aliphatic heterocycles. The van der Waals surface area contributed by atoms with E-state index in [2.05, 4.69) is 28.4 Å². The zero-order valence-electron chi connectivity index (χ0n) is 19.0. The molecule has 9 heteroatoms. The molecule has 0 saturated heterocycles. The number of pyridine rings is 1. The molecule has 3 heterocycles. The van der Waals surface area contributed by atoms with Gasteiger partial charge in [-0.25, -0.2) is 9.78 Å². The van der Waals surface area contributed by atoms with Crippen molar-refractivity contribution in [1.82, 2.24) is 19.7 Å². The van der Waals surface area contributed by atoms with E-state index in [1.807, 2.05) is 41.4 Å². The molecular formula is C24H28N6O3. The van der Waals surface area contributed by atoms with Crippen LogP contribution in [0.25, 0.3) is 11.1 Å². The Morgan fingerprint density at radius 3 is 2.76 bits per heavy atom. The number of benzene rings is 1. The maximum atomic E-state index is 12.4. The second-order valence-corrected chi connectivity index (χ2v) is 8.36. The second-order valence-electron chi connectivity index (χ2n) is 8.36. The quantitative estimate of drug-likeness (QED) is 0.594. The minimum absolute atomic E-state index is 0.000268. The fourth-order valence-electron chi connectivity index (χ4n) is 4.27. The van der Waals surface area contributed by atoms with Crippen LogP contribution < -0.4 is 10.2 Å². The molecule has 0 bridgehead atoms. The molecule has 9 nitrogen and oxygen atoms in total. The van der Waals surface area contributed by atoms with E-state index in [4.69, 9.17) is 5.11 Å². The molecule has 0 radical (unpaired) electrons. The Kier molecular flexibility index (Phi) is 6.30. The van der Waals surface area contributed by atoms with Crippen LogP contribution in [-0.2, 0) is 11.3 Å². The van der Waals surface area contributed by atoms with Crippen LogP contribution in [0, 0.1) is 0 Å².